The molecule has 224 valence electrons. The maximum Gasteiger partial charge on any atom is 0.0640 e. The third kappa shape index (κ3) is 4.52. The highest BCUT2D eigenvalue weighted by Gasteiger charge is 2.35. The fourth-order valence-corrected chi connectivity index (χ4v) is 8.70. The number of hydrogen-bond donors (Lipinski definition) is 0. The van der Waals surface area contributed by atoms with Crippen LogP contribution >= 0.6 is 11.3 Å². The van der Waals surface area contributed by atoms with E-state index in [1.807, 2.05) is 11.3 Å². The van der Waals surface area contributed by atoms with E-state index in [2.05, 4.69) is 183 Å². The molecule has 7 aromatic carbocycles. The summed E-state index contributed by atoms with van der Waals surface area (Å²) < 4.78 is 2.61. The molecule has 0 radical (unpaired) electrons. The van der Waals surface area contributed by atoms with Crippen molar-refractivity contribution in [2.24, 2.45) is 0 Å². The molecule has 1 heterocycles. The topological polar surface area (TPSA) is 3.24 Å². The van der Waals surface area contributed by atoms with Gasteiger partial charge in [0.15, 0.2) is 0 Å². The fourth-order valence-electron chi connectivity index (χ4n) is 7.49. The molecule has 1 aliphatic rings. The maximum atomic E-state index is 2.45. The number of hydrogen-bond acceptors (Lipinski definition) is 2. The highest BCUT2D eigenvalue weighted by Crippen LogP contribution is 2.51. The molecule has 9 rings (SSSR count). The summed E-state index contributed by atoms with van der Waals surface area (Å²) in [6, 6.07) is 60.0. The molecule has 8 aromatic rings. The minimum Gasteiger partial charge on any atom is -0.309 e. The van der Waals surface area contributed by atoms with Gasteiger partial charge in [-0.2, -0.15) is 0 Å². The quantitative estimate of drug-likeness (QED) is 0.185. The zero-order chi connectivity index (χ0) is 31.5. The first-order valence-electron chi connectivity index (χ1n) is 16.3. The van der Waals surface area contributed by atoms with Gasteiger partial charge in [0, 0.05) is 32.3 Å². The molecule has 2 heteroatoms. The lowest BCUT2D eigenvalue weighted by Gasteiger charge is -2.28. The van der Waals surface area contributed by atoms with Crippen LogP contribution < -0.4 is 4.90 Å². The second kappa shape index (κ2) is 10.8. The lowest BCUT2D eigenvalue weighted by Crippen LogP contribution is -2.15. The van der Waals surface area contributed by atoms with Crippen molar-refractivity contribution in [3.05, 3.63) is 175 Å². The first kappa shape index (κ1) is 27.8. The second-order valence-electron chi connectivity index (χ2n) is 13.0. The summed E-state index contributed by atoms with van der Waals surface area (Å²) in [7, 11) is 0. The van der Waals surface area contributed by atoms with Gasteiger partial charge in [0.25, 0.3) is 0 Å². The molecule has 0 unspecified atom stereocenters. The Morgan fingerprint density at radius 3 is 1.89 bits per heavy atom. The molecule has 1 nitrogen and oxygen atoms in total. The average Bonchev–Trinajstić information content (AvgIpc) is 3.62. The zero-order valence-corrected chi connectivity index (χ0v) is 27.3. The lowest BCUT2D eigenvalue weighted by atomic mass is 9.82. The van der Waals surface area contributed by atoms with Crippen molar-refractivity contribution >= 4 is 48.6 Å². The van der Waals surface area contributed by atoms with Crippen molar-refractivity contribution in [3.8, 4) is 33.4 Å². The molecule has 0 fully saturated rings. The fraction of sp³-hybridized carbons (Fsp3) is 0.0667. The highest BCUT2D eigenvalue weighted by atomic mass is 32.1. The molecule has 0 bridgehead atoms. The second-order valence-corrected chi connectivity index (χ2v) is 14.0. The van der Waals surface area contributed by atoms with Gasteiger partial charge in [-0.3, -0.25) is 0 Å². The van der Waals surface area contributed by atoms with Crippen LogP contribution in [0.15, 0.2) is 164 Å². The van der Waals surface area contributed by atoms with Crippen molar-refractivity contribution < 1.29 is 0 Å². The number of benzene rings is 7. The van der Waals surface area contributed by atoms with Crippen LogP contribution in [0.3, 0.4) is 0 Å². The molecule has 0 spiro atoms. The minimum atomic E-state index is -0.0310. The standard InChI is InChI=1S/C45H33NS/c1-45(2)40-19-8-6-16-36(40)39-29-35(26-27-41(39)45)46(42-20-11-18-38-37-17-7-9-21-43(37)47-44(38)42)34-24-22-31(23-25-34)33-15-10-14-32(28-33)30-12-4-3-5-13-30/h3-29H,1-2H3. The summed E-state index contributed by atoms with van der Waals surface area (Å²) in [5.41, 5.74) is 13.8. The van der Waals surface area contributed by atoms with Gasteiger partial charge in [-0.1, -0.05) is 135 Å². The first-order chi connectivity index (χ1) is 23.1. The Kier molecular flexibility index (Phi) is 6.41. The van der Waals surface area contributed by atoms with Crippen LogP contribution in [0, 0.1) is 0 Å². The number of fused-ring (bicyclic) bond motifs is 6. The Morgan fingerprint density at radius 1 is 0.447 bits per heavy atom. The molecule has 0 atom stereocenters. The normalized spacial score (nSPS) is 13.1. The summed E-state index contributed by atoms with van der Waals surface area (Å²) in [5.74, 6) is 0. The van der Waals surface area contributed by atoms with Crippen LogP contribution in [-0.4, -0.2) is 0 Å². The van der Waals surface area contributed by atoms with E-state index in [1.54, 1.807) is 0 Å². The SMILES string of the molecule is CC1(C)c2ccccc2-c2cc(N(c3ccc(-c4cccc(-c5ccccc5)c4)cc3)c3cccc4c3sc3ccccc34)ccc21. The third-order valence-corrected chi connectivity index (χ3v) is 11.1. The van der Waals surface area contributed by atoms with Crippen LogP contribution in [-0.2, 0) is 5.41 Å². The maximum absolute atomic E-state index is 2.45. The molecule has 0 N–H and O–H groups in total. The largest absolute Gasteiger partial charge is 0.309 e. The molecule has 0 saturated heterocycles. The number of thiophene rings is 1. The van der Waals surface area contributed by atoms with Gasteiger partial charge >= 0.3 is 0 Å². The number of nitrogens with zero attached hydrogens (tertiary/aromatic N) is 1. The van der Waals surface area contributed by atoms with Gasteiger partial charge in [-0.25, -0.2) is 0 Å². The van der Waals surface area contributed by atoms with Crippen molar-refractivity contribution in [1.29, 1.82) is 0 Å². The van der Waals surface area contributed by atoms with Crippen LogP contribution in [0.5, 0.6) is 0 Å². The van der Waals surface area contributed by atoms with Gasteiger partial charge in [-0.15, -0.1) is 11.3 Å². The van der Waals surface area contributed by atoms with Crippen LogP contribution in [0.4, 0.5) is 17.1 Å². The average molecular weight is 620 g/mol. The molecule has 47 heavy (non-hydrogen) atoms. The smallest absolute Gasteiger partial charge is 0.0640 e. The number of rotatable bonds is 5. The third-order valence-electron chi connectivity index (χ3n) is 9.88. The Hall–Kier alpha value is -5.44. The predicted octanol–water partition coefficient (Wildman–Crippen LogP) is 13.2. The highest BCUT2D eigenvalue weighted by molar-refractivity contribution is 7.26. The van der Waals surface area contributed by atoms with Crippen LogP contribution in [0.25, 0.3) is 53.6 Å². The van der Waals surface area contributed by atoms with E-state index >= 15 is 0 Å². The van der Waals surface area contributed by atoms with E-state index in [9.17, 15) is 0 Å². The van der Waals surface area contributed by atoms with E-state index in [4.69, 9.17) is 0 Å². The molecule has 1 aliphatic carbocycles. The first-order valence-corrected chi connectivity index (χ1v) is 17.1. The summed E-state index contributed by atoms with van der Waals surface area (Å²) >= 11 is 1.88. The van der Waals surface area contributed by atoms with E-state index < -0.39 is 0 Å². The van der Waals surface area contributed by atoms with Gasteiger partial charge in [-0.05, 0) is 87.0 Å². The van der Waals surface area contributed by atoms with Crippen molar-refractivity contribution in [1.82, 2.24) is 0 Å². The van der Waals surface area contributed by atoms with E-state index in [0.29, 0.717) is 0 Å². The Labute approximate surface area is 280 Å². The van der Waals surface area contributed by atoms with Gasteiger partial charge in [0.1, 0.15) is 0 Å². The monoisotopic (exact) mass is 619 g/mol. The van der Waals surface area contributed by atoms with Crippen molar-refractivity contribution in [2.45, 2.75) is 19.3 Å². The van der Waals surface area contributed by atoms with Gasteiger partial charge < -0.3 is 4.90 Å². The molecule has 1 aromatic heterocycles. The summed E-state index contributed by atoms with van der Waals surface area (Å²) in [4.78, 5) is 2.45. The molecule has 0 amide bonds. The minimum absolute atomic E-state index is 0.0310. The molecular formula is C45H33NS. The molecular weight excluding hydrogens is 587 g/mol. The van der Waals surface area contributed by atoms with E-state index in [1.165, 1.54) is 76.1 Å². The summed E-state index contributed by atoms with van der Waals surface area (Å²) in [6.07, 6.45) is 0. The van der Waals surface area contributed by atoms with E-state index in [-0.39, 0.29) is 5.41 Å². The Balaban J connectivity index is 1.21. The number of anilines is 3. The van der Waals surface area contributed by atoms with Crippen molar-refractivity contribution in [3.63, 3.8) is 0 Å². The van der Waals surface area contributed by atoms with Gasteiger partial charge in [0.05, 0.1) is 10.4 Å². The summed E-state index contributed by atoms with van der Waals surface area (Å²) in [6.45, 7) is 4.69. The van der Waals surface area contributed by atoms with Gasteiger partial charge in [0.2, 0.25) is 0 Å². The Bertz CT molecular complexity index is 2430. The molecule has 0 saturated carbocycles. The Morgan fingerprint density at radius 2 is 1.06 bits per heavy atom. The lowest BCUT2D eigenvalue weighted by molar-refractivity contribution is 0.660. The summed E-state index contributed by atoms with van der Waals surface area (Å²) in [5, 5.41) is 2.61. The predicted molar refractivity (Wildman–Crippen MR) is 202 cm³/mol. The zero-order valence-electron chi connectivity index (χ0n) is 26.4. The van der Waals surface area contributed by atoms with Crippen molar-refractivity contribution in [2.75, 3.05) is 4.90 Å². The van der Waals surface area contributed by atoms with E-state index in [0.717, 1.165) is 5.69 Å². The molecule has 0 aliphatic heterocycles. The van der Waals surface area contributed by atoms with Crippen LogP contribution in [0.1, 0.15) is 25.0 Å². The van der Waals surface area contributed by atoms with Crippen LogP contribution in [0.2, 0.25) is 0 Å².